The molecule has 0 saturated carbocycles. The predicted molar refractivity (Wildman–Crippen MR) is 159 cm³/mol. The molecule has 7 nitrogen and oxygen atoms in total. The summed E-state index contributed by atoms with van der Waals surface area (Å²) >= 11 is 2.14. The highest BCUT2D eigenvalue weighted by Crippen LogP contribution is 2.25. The molecule has 0 radical (unpaired) electrons. The lowest BCUT2D eigenvalue weighted by atomic mass is 10.1. The summed E-state index contributed by atoms with van der Waals surface area (Å²) in [5.41, 5.74) is 2.29. The largest absolute Gasteiger partial charge is 0.354 e. The second-order valence-electron chi connectivity index (χ2n) is 9.62. The molecule has 1 unspecified atom stereocenters. The lowest BCUT2D eigenvalue weighted by Crippen LogP contribution is -2.51. The Balaban J connectivity index is 1.98. The number of nitrogens with one attached hydrogen (secondary N) is 1. The van der Waals surface area contributed by atoms with E-state index in [-0.39, 0.29) is 23.3 Å². The minimum absolute atomic E-state index is 0.0826. The Morgan fingerprint density at radius 2 is 1.50 bits per heavy atom. The number of hydrogen-bond acceptors (Lipinski definition) is 4. The van der Waals surface area contributed by atoms with Gasteiger partial charge < -0.3 is 10.2 Å². The molecular weight excluding hydrogens is 613 g/mol. The van der Waals surface area contributed by atoms with Gasteiger partial charge >= 0.3 is 0 Å². The van der Waals surface area contributed by atoms with Gasteiger partial charge in [-0.15, -0.1) is 0 Å². The zero-order valence-corrected chi connectivity index (χ0v) is 25.1. The molecule has 0 fully saturated rings. The van der Waals surface area contributed by atoms with Gasteiger partial charge in [0.25, 0.3) is 10.0 Å². The van der Waals surface area contributed by atoms with Crippen molar-refractivity contribution in [3.63, 3.8) is 0 Å². The summed E-state index contributed by atoms with van der Waals surface area (Å²) in [5, 5.41) is 2.89. The lowest BCUT2D eigenvalue weighted by molar-refractivity contribution is -0.139. The number of amides is 2. The second kappa shape index (κ2) is 13.2. The standard InChI is InChI=1S/C29H34IN3O4S/c1-21(2)18-31-29(35)23(4)32(19-24-12-10-22(3)11-13-24)28(34)20-33(26-16-14-25(30)15-17-26)38(36,37)27-8-6-5-7-9-27/h5-17,21,23H,18-20H2,1-4H3,(H,31,35). The van der Waals surface area contributed by atoms with Crippen molar-refractivity contribution in [1.82, 2.24) is 10.2 Å². The van der Waals surface area contributed by atoms with E-state index in [1.165, 1.54) is 17.0 Å². The van der Waals surface area contributed by atoms with E-state index in [0.717, 1.165) is 19.0 Å². The number of carbonyl (C=O) groups excluding carboxylic acids is 2. The number of halogens is 1. The molecule has 0 saturated heterocycles. The minimum atomic E-state index is -4.06. The van der Waals surface area contributed by atoms with E-state index in [9.17, 15) is 18.0 Å². The third-order valence-electron chi connectivity index (χ3n) is 6.05. The van der Waals surface area contributed by atoms with Crippen LogP contribution in [-0.2, 0) is 26.2 Å². The van der Waals surface area contributed by atoms with Crippen LogP contribution in [0.15, 0.2) is 83.8 Å². The van der Waals surface area contributed by atoms with Crippen molar-refractivity contribution in [3.05, 3.63) is 93.6 Å². The summed E-state index contributed by atoms with van der Waals surface area (Å²) in [5.74, 6) is -0.512. The van der Waals surface area contributed by atoms with E-state index in [0.29, 0.717) is 12.2 Å². The van der Waals surface area contributed by atoms with E-state index < -0.39 is 28.5 Å². The normalized spacial score (nSPS) is 12.2. The van der Waals surface area contributed by atoms with Crippen LogP contribution in [0.1, 0.15) is 31.9 Å². The maximum absolute atomic E-state index is 13.9. The van der Waals surface area contributed by atoms with Crippen molar-refractivity contribution in [2.75, 3.05) is 17.4 Å². The van der Waals surface area contributed by atoms with Gasteiger partial charge in [-0.1, -0.05) is 61.9 Å². The topological polar surface area (TPSA) is 86.8 Å². The number of hydrogen-bond donors (Lipinski definition) is 1. The number of rotatable bonds is 11. The number of sulfonamides is 1. The van der Waals surface area contributed by atoms with Gasteiger partial charge in [-0.25, -0.2) is 8.42 Å². The van der Waals surface area contributed by atoms with Gasteiger partial charge in [-0.05, 0) is 84.3 Å². The van der Waals surface area contributed by atoms with E-state index in [2.05, 4.69) is 27.9 Å². The zero-order chi connectivity index (χ0) is 27.9. The van der Waals surface area contributed by atoms with Crippen LogP contribution in [0.5, 0.6) is 0 Å². The average Bonchev–Trinajstić information content (AvgIpc) is 2.90. The molecule has 2 amide bonds. The number of anilines is 1. The summed E-state index contributed by atoms with van der Waals surface area (Å²) in [7, 11) is -4.06. The van der Waals surface area contributed by atoms with Crippen LogP contribution >= 0.6 is 22.6 Å². The van der Waals surface area contributed by atoms with Crippen molar-refractivity contribution in [1.29, 1.82) is 0 Å². The highest BCUT2D eigenvalue weighted by atomic mass is 127. The Kier molecular flexibility index (Phi) is 10.3. The van der Waals surface area contributed by atoms with Gasteiger partial charge in [-0.3, -0.25) is 13.9 Å². The Hall–Kier alpha value is -2.92. The van der Waals surface area contributed by atoms with Crippen molar-refractivity contribution in [2.24, 2.45) is 5.92 Å². The monoisotopic (exact) mass is 647 g/mol. The van der Waals surface area contributed by atoms with Crippen LogP contribution in [0.25, 0.3) is 0 Å². The van der Waals surface area contributed by atoms with E-state index in [1.54, 1.807) is 49.4 Å². The van der Waals surface area contributed by atoms with Crippen molar-refractivity contribution < 1.29 is 18.0 Å². The molecule has 0 spiro atoms. The average molecular weight is 648 g/mol. The quantitative estimate of drug-likeness (QED) is 0.298. The molecule has 1 N–H and O–H groups in total. The van der Waals surface area contributed by atoms with Gasteiger partial charge in [0, 0.05) is 16.7 Å². The van der Waals surface area contributed by atoms with Gasteiger partial charge in [0.15, 0.2) is 0 Å². The lowest BCUT2D eigenvalue weighted by Gasteiger charge is -2.32. The molecule has 0 heterocycles. The Labute approximate surface area is 239 Å². The maximum atomic E-state index is 13.9. The first-order chi connectivity index (χ1) is 18.0. The third-order valence-corrected chi connectivity index (χ3v) is 8.56. The van der Waals surface area contributed by atoms with E-state index >= 15 is 0 Å². The fourth-order valence-electron chi connectivity index (χ4n) is 3.78. The highest BCUT2D eigenvalue weighted by molar-refractivity contribution is 14.1. The minimum Gasteiger partial charge on any atom is -0.354 e. The first-order valence-corrected chi connectivity index (χ1v) is 15.0. The van der Waals surface area contributed by atoms with Crippen LogP contribution in [0.3, 0.4) is 0 Å². The summed E-state index contributed by atoms with van der Waals surface area (Å²) in [6.45, 7) is 7.82. The molecule has 3 aromatic rings. The molecule has 38 heavy (non-hydrogen) atoms. The SMILES string of the molecule is Cc1ccc(CN(C(=O)CN(c2ccc(I)cc2)S(=O)(=O)c2ccccc2)C(C)C(=O)NCC(C)C)cc1. The fourth-order valence-corrected chi connectivity index (χ4v) is 5.58. The second-order valence-corrected chi connectivity index (χ2v) is 12.7. The van der Waals surface area contributed by atoms with Crippen LogP contribution in [0.4, 0.5) is 5.69 Å². The van der Waals surface area contributed by atoms with Gasteiger partial charge in [0.1, 0.15) is 12.6 Å². The smallest absolute Gasteiger partial charge is 0.264 e. The van der Waals surface area contributed by atoms with Crippen LogP contribution in [0.2, 0.25) is 0 Å². The number of benzene rings is 3. The van der Waals surface area contributed by atoms with Gasteiger partial charge in [-0.2, -0.15) is 0 Å². The van der Waals surface area contributed by atoms with Crippen molar-refractivity contribution in [2.45, 2.75) is 45.2 Å². The summed E-state index contributed by atoms with van der Waals surface area (Å²) in [6, 6.07) is 21.9. The molecule has 0 aromatic heterocycles. The maximum Gasteiger partial charge on any atom is 0.264 e. The van der Waals surface area contributed by atoms with Crippen LogP contribution in [-0.4, -0.2) is 44.3 Å². The van der Waals surface area contributed by atoms with Gasteiger partial charge in [0.2, 0.25) is 11.8 Å². The molecule has 0 aliphatic rings. The Morgan fingerprint density at radius 1 is 0.895 bits per heavy atom. The Morgan fingerprint density at radius 3 is 2.08 bits per heavy atom. The summed E-state index contributed by atoms with van der Waals surface area (Å²) in [6.07, 6.45) is 0. The molecule has 0 aliphatic heterocycles. The molecule has 0 aliphatic carbocycles. The zero-order valence-electron chi connectivity index (χ0n) is 22.1. The van der Waals surface area contributed by atoms with Gasteiger partial charge in [0.05, 0.1) is 10.6 Å². The molecule has 202 valence electrons. The van der Waals surface area contributed by atoms with Crippen molar-refractivity contribution in [3.8, 4) is 0 Å². The van der Waals surface area contributed by atoms with Crippen LogP contribution < -0.4 is 9.62 Å². The number of carbonyl (C=O) groups is 2. The number of aryl methyl sites for hydroxylation is 1. The van der Waals surface area contributed by atoms with E-state index in [4.69, 9.17) is 0 Å². The summed E-state index contributed by atoms with van der Waals surface area (Å²) < 4.78 is 29.5. The molecule has 9 heteroatoms. The Bertz CT molecular complexity index is 1330. The summed E-state index contributed by atoms with van der Waals surface area (Å²) in [4.78, 5) is 28.4. The molecule has 0 bridgehead atoms. The molecule has 3 aromatic carbocycles. The predicted octanol–water partition coefficient (Wildman–Crippen LogP) is 4.98. The third kappa shape index (κ3) is 7.80. The fraction of sp³-hybridized carbons (Fsp3) is 0.310. The van der Waals surface area contributed by atoms with Crippen molar-refractivity contribution >= 4 is 50.1 Å². The molecule has 3 rings (SSSR count). The molecule has 1 atom stereocenters. The van der Waals surface area contributed by atoms with E-state index in [1.807, 2.05) is 45.0 Å². The first-order valence-electron chi connectivity index (χ1n) is 12.4. The molecular formula is C29H34IN3O4S. The number of nitrogens with zero attached hydrogens (tertiary/aromatic N) is 2. The first kappa shape index (κ1) is 29.6. The van der Waals surface area contributed by atoms with Crippen LogP contribution in [0, 0.1) is 16.4 Å². The highest BCUT2D eigenvalue weighted by Gasteiger charge is 2.32.